The summed E-state index contributed by atoms with van der Waals surface area (Å²) in [5.41, 5.74) is 2.71. The molecule has 1 amide bonds. The average Bonchev–Trinajstić information content (AvgIpc) is 2.97. The van der Waals surface area contributed by atoms with Crippen LogP contribution in [0.25, 0.3) is 10.2 Å². The number of anilines is 1. The largest absolute Gasteiger partial charge is 0.496 e. The molecule has 5 nitrogen and oxygen atoms in total. The summed E-state index contributed by atoms with van der Waals surface area (Å²) in [5, 5.41) is 3.43. The zero-order chi connectivity index (χ0) is 17.1. The number of thiazole rings is 1. The fourth-order valence-corrected chi connectivity index (χ4v) is 3.44. The first-order valence-electron chi connectivity index (χ1n) is 7.47. The molecule has 0 aliphatic heterocycles. The molecule has 0 aliphatic rings. The van der Waals surface area contributed by atoms with E-state index in [2.05, 4.69) is 10.3 Å². The summed E-state index contributed by atoms with van der Waals surface area (Å²) in [6.07, 6.45) is 0.290. The van der Waals surface area contributed by atoms with Gasteiger partial charge < -0.3 is 14.8 Å². The number of aromatic nitrogens is 1. The molecular weight excluding hydrogens is 324 g/mol. The molecule has 2 aromatic carbocycles. The van der Waals surface area contributed by atoms with E-state index >= 15 is 0 Å². The summed E-state index contributed by atoms with van der Waals surface area (Å²) < 4.78 is 11.5. The minimum atomic E-state index is -0.0995. The van der Waals surface area contributed by atoms with Crippen LogP contribution in [0, 0.1) is 6.92 Å². The van der Waals surface area contributed by atoms with E-state index in [1.54, 1.807) is 14.2 Å². The molecule has 0 unspecified atom stereocenters. The smallest absolute Gasteiger partial charge is 0.230 e. The van der Waals surface area contributed by atoms with Gasteiger partial charge in [-0.05, 0) is 36.2 Å². The van der Waals surface area contributed by atoms with Crippen molar-refractivity contribution in [3.8, 4) is 11.5 Å². The van der Waals surface area contributed by atoms with Gasteiger partial charge in [0.1, 0.15) is 17.0 Å². The van der Waals surface area contributed by atoms with Crippen LogP contribution in [0.4, 0.5) is 5.13 Å². The Kier molecular flexibility index (Phi) is 4.66. The molecule has 0 bridgehead atoms. The quantitative estimate of drug-likeness (QED) is 0.766. The fourth-order valence-electron chi connectivity index (χ4n) is 2.54. The van der Waals surface area contributed by atoms with Gasteiger partial charge in [-0.15, -0.1) is 0 Å². The maximum atomic E-state index is 12.3. The number of nitrogens with one attached hydrogen (secondary N) is 1. The van der Waals surface area contributed by atoms with Gasteiger partial charge in [-0.3, -0.25) is 4.79 Å². The van der Waals surface area contributed by atoms with Gasteiger partial charge in [-0.1, -0.05) is 29.5 Å². The van der Waals surface area contributed by atoms with Crippen molar-refractivity contribution in [1.29, 1.82) is 0 Å². The number of benzene rings is 2. The molecule has 24 heavy (non-hydrogen) atoms. The molecule has 124 valence electrons. The van der Waals surface area contributed by atoms with E-state index in [-0.39, 0.29) is 12.3 Å². The molecule has 0 saturated heterocycles. The van der Waals surface area contributed by atoms with Crippen molar-refractivity contribution in [2.45, 2.75) is 13.3 Å². The third-order valence-corrected chi connectivity index (χ3v) is 4.61. The minimum Gasteiger partial charge on any atom is -0.496 e. The molecule has 0 saturated carbocycles. The number of fused-ring (bicyclic) bond motifs is 1. The number of carbonyl (C=O) groups is 1. The van der Waals surface area contributed by atoms with Crippen molar-refractivity contribution in [3.05, 3.63) is 47.5 Å². The van der Waals surface area contributed by atoms with Crippen molar-refractivity contribution < 1.29 is 14.3 Å². The van der Waals surface area contributed by atoms with Gasteiger partial charge in [0.15, 0.2) is 5.13 Å². The van der Waals surface area contributed by atoms with Crippen LogP contribution in [0.3, 0.4) is 0 Å². The molecule has 0 radical (unpaired) electrons. The molecule has 0 spiro atoms. The van der Waals surface area contributed by atoms with E-state index in [0.29, 0.717) is 10.9 Å². The van der Waals surface area contributed by atoms with Gasteiger partial charge in [0.05, 0.1) is 25.3 Å². The number of methoxy groups -OCH3 is 2. The Morgan fingerprint density at radius 3 is 2.67 bits per heavy atom. The third kappa shape index (κ3) is 3.33. The van der Waals surface area contributed by atoms with Gasteiger partial charge in [-0.2, -0.15) is 0 Å². The minimum absolute atomic E-state index is 0.0995. The summed E-state index contributed by atoms with van der Waals surface area (Å²) in [6.45, 7) is 1.96. The monoisotopic (exact) mass is 342 g/mol. The second-order valence-corrected chi connectivity index (χ2v) is 6.39. The number of hydrogen-bond acceptors (Lipinski definition) is 5. The maximum absolute atomic E-state index is 12.3. The number of amides is 1. The van der Waals surface area contributed by atoms with Crippen molar-refractivity contribution in [1.82, 2.24) is 4.98 Å². The van der Waals surface area contributed by atoms with E-state index in [4.69, 9.17) is 9.47 Å². The highest BCUT2D eigenvalue weighted by atomic mass is 32.1. The molecule has 1 heterocycles. The zero-order valence-corrected chi connectivity index (χ0v) is 14.6. The lowest BCUT2D eigenvalue weighted by Gasteiger charge is -2.07. The molecule has 0 atom stereocenters. The molecule has 3 aromatic rings. The number of aryl methyl sites for hydroxylation is 1. The Bertz CT molecular complexity index is 889. The first-order chi connectivity index (χ1) is 11.6. The van der Waals surface area contributed by atoms with Crippen molar-refractivity contribution >= 4 is 32.6 Å². The van der Waals surface area contributed by atoms with Crippen LogP contribution in [-0.4, -0.2) is 25.1 Å². The molecule has 0 fully saturated rings. The van der Waals surface area contributed by atoms with Crippen molar-refractivity contribution in [2.75, 3.05) is 19.5 Å². The highest BCUT2D eigenvalue weighted by molar-refractivity contribution is 7.22. The lowest BCUT2D eigenvalue weighted by molar-refractivity contribution is -0.115. The number of nitrogens with zero attached hydrogens (tertiary/aromatic N) is 1. The summed E-state index contributed by atoms with van der Waals surface area (Å²) in [6, 6.07) is 11.4. The van der Waals surface area contributed by atoms with Crippen LogP contribution < -0.4 is 14.8 Å². The normalized spacial score (nSPS) is 10.6. The second-order valence-electron chi connectivity index (χ2n) is 5.35. The van der Waals surface area contributed by atoms with Crippen molar-refractivity contribution in [3.63, 3.8) is 0 Å². The van der Waals surface area contributed by atoms with Gasteiger partial charge >= 0.3 is 0 Å². The van der Waals surface area contributed by atoms with Crippen LogP contribution in [0.15, 0.2) is 36.4 Å². The summed E-state index contributed by atoms with van der Waals surface area (Å²) in [7, 11) is 3.24. The predicted molar refractivity (Wildman–Crippen MR) is 96.2 cm³/mol. The van der Waals surface area contributed by atoms with Gasteiger partial charge in [0.2, 0.25) is 5.91 Å². The predicted octanol–water partition coefficient (Wildman–Crippen LogP) is 3.80. The molecule has 0 aliphatic carbocycles. The molecule has 6 heteroatoms. The van der Waals surface area contributed by atoms with Crippen LogP contribution in [0.5, 0.6) is 11.5 Å². The topological polar surface area (TPSA) is 60.5 Å². The Balaban J connectivity index is 1.74. The lowest BCUT2D eigenvalue weighted by atomic mass is 10.1. The van der Waals surface area contributed by atoms with Gasteiger partial charge in [0, 0.05) is 0 Å². The van der Waals surface area contributed by atoms with Gasteiger partial charge in [-0.25, -0.2) is 4.98 Å². The second kappa shape index (κ2) is 6.88. The van der Waals surface area contributed by atoms with E-state index < -0.39 is 0 Å². The lowest BCUT2D eigenvalue weighted by Crippen LogP contribution is -2.14. The Morgan fingerprint density at radius 2 is 1.96 bits per heavy atom. The molecular formula is C18H18N2O3S. The Hall–Kier alpha value is -2.60. The number of ether oxygens (including phenoxy) is 2. The molecule has 1 N–H and O–H groups in total. The number of rotatable bonds is 5. The van der Waals surface area contributed by atoms with Crippen LogP contribution in [0.1, 0.15) is 11.1 Å². The van der Waals surface area contributed by atoms with E-state index in [9.17, 15) is 4.79 Å². The maximum Gasteiger partial charge on any atom is 0.230 e. The number of carbonyl (C=O) groups excluding carboxylic acids is 1. The first kappa shape index (κ1) is 16.3. The SMILES string of the molecule is COc1ccc(CC(=O)Nc2nc3c(OC)cccc3s2)cc1C. The summed E-state index contributed by atoms with van der Waals surface area (Å²) >= 11 is 1.43. The third-order valence-electron chi connectivity index (χ3n) is 3.67. The average molecular weight is 342 g/mol. The first-order valence-corrected chi connectivity index (χ1v) is 8.29. The highest BCUT2D eigenvalue weighted by Gasteiger charge is 2.12. The van der Waals surface area contributed by atoms with Crippen molar-refractivity contribution in [2.24, 2.45) is 0 Å². The van der Waals surface area contributed by atoms with E-state index in [1.807, 2.05) is 43.3 Å². The standard InChI is InChI=1S/C18H18N2O3S/c1-11-9-12(7-8-13(11)22-2)10-16(21)19-18-20-17-14(23-3)5-4-6-15(17)24-18/h4-9H,10H2,1-3H3,(H,19,20,21). The fraction of sp³-hybridized carbons (Fsp3) is 0.222. The Morgan fingerprint density at radius 1 is 1.17 bits per heavy atom. The van der Waals surface area contributed by atoms with Gasteiger partial charge in [0.25, 0.3) is 0 Å². The Labute approximate surface area is 144 Å². The number of hydrogen-bond donors (Lipinski definition) is 1. The molecule has 3 rings (SSSR count). The number of para-hydroxylation sites is 1. The highest BCUT2D eigenvalue weighted by Crippen LogP contribution is 2.32. The van der Waals surface area contributed by atoms with E-state index in [1.165, 1.54) is 11.3 Å². The zero-order valence-electron chi connectivity index (χ0n) is 13.8. The van der Waals surface area contributed by atoms with Crippen LogP contribution >= 0.6 is 11.3 Å². The van der Waals surface area contributed by atoms with Crippen LogP contribution in [-0.2, 0) is 11.2 Å². The van der Waals surface area contributed by atoms with E-state index in [0.717, 1.165) is 27.1 Å². The molecule has 1 aromatic heterocycles. The summed E-state index contributed by atoms with van der Waals surface area (Å²) in [5.74, 6) is 1.42. The summed E-state index contributed by atoms with van der Waals surface area (Å²) in [4.78, 5) is 16.7. The van der Waals surface area contributed by atoms with Crippen LogP contribution in [0.2, 0.25) is 0 Å².